The summed E-state index contributed by atoms with van der Waals surface area (Å²) in [6.45, 7) is 5.43. The van der Waals surface area contributed by atoms with Gasteiger partial charge in [-0.2, -0.15) is 0 Å². The molecule has 0 bridgehead atoms. The SMILES string of the molecule is CCCNc1cncc(NC2CCC(C)CC2)n1. The molecule has 1 heterocycles. The van der Waals surface area contributed by atoms with Crippen LogP contribution in [0.3, 0.4) is 0 Å². The van der Waals surface area contributed by atoms with Gasteiger partial charge in [-0.05, 0) is 38.0 Å². The molecule has 0 radical (unpaired) electrons. The molecule has 0 amide bonds. The molecule has 2 N–H and O–H groups in total. The van der Waals surface area contributed by atoms with Crippen LogP contribution in [-0.2, 0) is 0 Å². The molecular formula is C14H24N4. The Labute approximate surface area is 110 Å². The highest BCUT2D eigenvalue weighted by molar-refractivity contribution is 5.42. The topological polar surface area (TPSA) is 49.8 Å². The molecule has 1 aliphatic rings. The molecule has 100 valence electrons. The van der Waals surface area contributed by atoms with Crippen molar-refractivity contribution >= 4 is 11.6 Å². The maximum absolute atomic E-state index is 4.54. The van der Waals surface area contributed by atoms with Gasteiger partial charge in [0.15, 0.2) is 0 Å². The molecule has 1 aliphatic carbocycles. The van der Waals surface area contributed by atoms with E-state index in [9.17, 15) is 0 Å². The Morgan fingerprint density at radius 2 is 1.89 bits per heavy atom. The average molecular weight is 248 g/mol. The molecule has 0 aromatic carbocycles. The zero-order chi connectivity index (χ0) is 12.8. The Balaban J connectivity index is 1.88. The second-order valence-corrected chi connectivity index (χ2v) is 5.32. The summed E-state index contributed by atoms with van der Waals surface area (Å²) in [5.41, 5.74) is 0. The van der Waals surface area contributed by atoms with Gasteiger partial charge in [0.1, 0.15) is 11.6 Å². The number of anilines is 2. The van der Waals surface area contributed by atoms with Gasteiger partial charge in [0.05, 0.1) is 12.4 Å². The Hall–Kier alpha value is -1.32. The molecule has 2 rings (SSSR count). The molecule has 0 atom stereocenters. The summed E-state index contributed by atoms with van der Waals surface area (Å²) in [5.74, 6) is 2.65. The summed E-state index contributed by atoms with van der Waals surface area (Å²) in [6, 6.07) is 0.567. The van der Waals surface area contributed by atoms with Crippen molar-refractivity contribution < 1.29 is 0 Å². The zero-order valence-corrected chi connectivity index (χ0v) is 11.4. The highest BCUT2D eigenvalue weighted by Crippen LogP contribution is 2.25. The number of rotatable bonds is 5. The summed E-state index contributed by atoms with van der Waals surface area (Å²) in [4.78, 5) is 8.77. The van der Waals surface area contributed by atoms with E-state index in [1.54, 1.807) is 6.20 Å². The van der Waals surface area contributed by atoms with E-state index in [-0.39, 0.29) is 0 Å². The summed E-state index contributed by atoms with van der Waals surface area (Å²) in [5, 5.41) is 6.77. The smallest absolute Gasteiger partial charge is 0.147 e. The lowest BCUT2D eigenvalue weighted by molar-refractivity contribution is 0.361. The lowest BCUT2D eigenvalue weighted by atomic mass is 9.87. The van der Waals surface area contributed by atoms with E-state index in [1.165, 1.54) is 25.7 Å². The zero-order valence-electron chi connectivity index (χ0n) is 11.4. The minimum atomic E-state index is 0.567. The van der Waals surface area contributed by atoms with E-state index in [0.717, 1.165) is 30.5 Å². The van der Waals surface area contributed by atoms with Crippen molar-refractivity contribution in [2.24, 2.45) is 5.92 Å². The van der Waals surface area contributed by atoms with Crippen molar-refractivity contribution in [2.75, 3.05) is 17.2 Å². The monoisotopic (exact) mass is 248 g/mol. The fraction of sp³-hybridized carbons (Fsp3) is 0.714. The van der Waals surface area contributed by atoms with E-state index < -0.39 is 0 Å². The fourth-order valence-electron chi connectivity index (χ4n) is 2.39. The third kappa shape index (κ3) is 3.86. The van der Waals surface area contributed by atoms with Crippen molar-refractivity contribution in [2.45, 2.75) is 52.0 Å². The van der Waals surface area contributed by atoms with Gasteiger partial charge >= 0.3 is 0 Å². The highest BCUT2D eigenvalue weighted by Gasteiger charge is 2.18. The van der Waals surface area contributed by atoms with Crippen LogP contribution in [0.2, 0.25) is 0 Å². The maximum Gasteiger partial charge on any atom is 0.147 e. The second-order valence-electron chi connectivity index (χ2n) is 5.32. The van der Waals surface area contributed by atoms with Crippen LogP contribution in [0.25, 0.3) is 0 Å². The lowest BCUT2D eigenvalue weighted by Gasteiger charge is -2.27. The molecule has 0 spiro atoms. The number of aromatic nitrogens is 2. The van der Waals surface area contributed by atoms with Crippen molar-refractivity contribution in [1.82, 2.24) is 9.97 Å². The summed E-state index contributed by atoms with van der Waals surface area (Å²) in [7, 11) is 0. The molecule has 0 unspecified atom stereocenters. The van der Waals surface area contributed by atoms with Crippen LogP contribution >= 0.6 is 0 Å². The van der Waals surface area contributed by atoms with Crippen molar-refractivity contribution in [3.05, 3.63) is 12.4 Å². The minimum Gasteiger partial charge on any atom is -0.369 e. The summed E-state index contributed by atoms with van der Waals surface area (Å²) in [6.07, 6.45) is 9.82. The molecule has 1 fully saturated rings. The Morgan fingerprint density at radius 1 is 1.17 bits per heavy atom. The van der Waals surface area contributed by atoms with Crippen molar-refractivity contribution in [3.8, 4) is 0 Å². The fourth-order valence-corrected chi connectivity index (χ4v) is 2.39. The van der Waals surface area contributed by atoms with Gasteiger partial charge < -0.3 is 10.6 Å². The molecule has 18 heavy (non-hydrogen) atoms. The first-order chi connectivity index (χ1) is 8.78. The van der Waals surface area contributed by atoms with E-state index in [0.29, 0.717) is 6.04 Å². The largest absolute Gasteiger partial charge is 0.369 e. The molecule has 0 aliphatic heterocycles. The van der Waals surface area contributed by atoms with Crippen LogP contribution in [0.5, 0.6) is 0 Å². The van der Waals surface area contributed by atoms with E-state index in [2.05, 4.69) is 34.4 Å². The van der Waals surface area contributed by atoms with Crippen LogP contribution in [0, 0.1) is 5.92 Å². The van der Waals surface area contributed by atoms with Crippen molar-refractivity contribution in [3.63, 3.8) is 0 Å². The highest BCUT2D eigenvalue weighted by atomic mass is 15.1. The van der Waals surface area contributed by atoms with Crippen LogP contribution in [-0.4, -0.2) is 22.6 Å². The molecule has 4 heteroatoms. The predicted molar refractivity (Wildman–Crippen MR) is 75.9 cm³/mol. The van der Waals surface area contributed by atoms with Crippen LogP contribution in [0.15, 0.2) is 12.4 Å². The van der Waals surface area contributed by atoms with Crippen LogP contribution < -0.4 is 10.6 Å². The van der Waals surface area contributed by atoms with Gasteiger partial charge in [-0.25, -0.2) is 4.98 Å². The van der Waals surface area contributed by atoms with E-state index >= 15 is 0 Å². The first-order valence-corrected chi connectivity index (χ1v) is 7.10. The van der Waals surface area contributed by atoms with Gasteiger partial charge in [0.25, 0.3) is 0 Å². The lowest BCUT2D eigenvalue weighted by Crippen LogP contribution is -2.25. The Bertz CT molecular complexity index is 359. The third-order valence-electron chi connectivity index (χ3n) is 3.56. The third-order valence-corrected chi connectivity index (χ3v) is 3.56. The predicted octanol–water partition coefficient (Wildman–Crippen LogP) is 3.29. The Morgan fingerprint density at radius 3 is 2.61 bits per heavy atom. The van der Waals surface area contributed by atoms with Crippen molar-refractivity contribution in [1.29, 1.82) is 0 Å². The molecule has 1 aromatic heterocycles. The first kappa shape index (κ1) is 13.1. The number of nitrogens with one attached hydrogen (secondary N) is 2. The van der Waals surface area contributed by atoms with Gasteiger partial charge in [-0.1, -0.05) is 13.8 Å². The van der Waals surface area contributed by atoms with Gasteiger partial charge in [-0.3, -0.25) is 4.98 Å². The number of hydrogen-bond donors (Lipinski definition) is 2. The molecule has 1 aromatic rings. The van der Waals surface area contributed by atoms with E-state index in [1.807, 2.05) is 6.20 Å². The second kappa shape index (κ2) is 6.57. The Kier molecular flexibility index (Phi) is 4.79. The standard InChI is InChI=1S/C14H24N4/c1-3-8-16-13-9-15-10-14(18-13)17-12-6-4-11(2)5-7-12/h9-12H,3-8H2,1-2H3,(H2,16,17,18). The van der Waals surface area contributed by atoms with Crippen LogP contribution in [0.4, 0.5) is 11.6 Å². The quantitative estimate of drug-likeness (QED) is 0.839. The van der Waals surface area contributed by atoms with Gasteiger partial charge in [-0.15, -0.1) is 0 Å². The molecule has 4 nitrogen and oxygen atoms in total. The molecular weight excluding hydrogens is 224 g/mol. The van der Waals surface area contributed by atoms with E-state index in [4.69, 9.17) is 0 Å². The molecule has 0 saturated heterocycles. The van der Waals surface area contributed by atoms with Gasteiger partial charge in [0.2, 0.25) is 0 Å². The van der Waals surface area contributed by atoms with Gasteiger partial charge in [0, 0.05) is 12.6 Å². The number of nitrogens with zero attached hydrogens (tertiary/aromatic N) is 2. The summed E-state index contributed by atoms with van der Waals surface area (Å²) >= 11 is 0. The summed E-state index contributed by atoms with van der Waals surface area (Å²) < 4.78 is 0. The molecule has 1 saturated carbocycles. The first-order valence-electron chi connectivity index (χ1n) is 7.10. The van der Waals surface area contributed by atoms with Crippen LogP contribution in [0.1, 0.15) is 46.0 Å². The average Bonchev–Trinajstić information content (AvgIpc) is 2.40. The maximum atomic E-state index is 4.54. The minimum absolute atomic E-state index is 0.567. The normalized spacial score (nSPS) is 23.7. The number of hydrogen-bond acceptors (Lipinski definition) is 4.